The maximum absolute atomic E-state index is 13.5. The maximum atomic E-state index is 13.5. The van der Waals surface area contributed by atoms with Gasteiger partial charge in [-0.05, 0) is 55.7 Å². The third-order valence-electron chi connectivity index (χ3n) is 8.35. The smallest absolute Gasteiger partial charge is 0.434 e. The number of hydrazone groups is 1. The van der Waals surface area contributed by atoms with Crippen LogP contribution in [0.2, 0.25) is 0 Å². The van der Waals surface area contributed by atoms with Crippen LogP contribution in [0.25, 0.3) is 11.1 Å². The molecule has 1 aliphatic carbocycles. The minimum atomic E-state index is -0.877. The second kappa shape index (κ2) is 15.0. The normalized spacial score (nSPS) is 17.7. The molecular formula is C32H41N7O7. The Hall–Kier alpha value is -4.72. The van der Waals surface area contributed by atoms with Crippen LogP contribution < -0.4 is 11.0 Å². The summed E-state index contributed by atoms with van der Waals surface area (Å²) in [7, 11) is 0. The van der Waals surface area contributed by atoms with Crippen molar-refractivity contribution in [2.75, 3.05) is 13.2 Å². The van der Waals surface area contributed by atoms with Gasteiger partial charge in [-0.3, -0.25) is 20.1 Å². The number of benzene rings is 2. The Kier molecular flexibility index (Phi) is 10.7. The van der Waals surface area contributed by atoms with Crippen LogP contribution >= 0.6 is 0 Å². The van der Waals surface area contributed by atoms with E-state index in [-0.39, 0.29) is 19.1 Å². The van der Waals surface area contributed by atoms with Crippen LogP contribution in [0.1, 0.15) is 82.8 Å². The second-order valence-corrected chi connectivity index (χ2v) is 11.6. The van der Waals surface area contributed by atoms with Gasteiger partial charge in [0.1, 0.15) is 11.4 Å². The van der Waals surface area contributed by atoms with Gasteiger partial charge in [-0.25, -0.2) is 10.3 Å². The Bertz CT molecular complexity index is 1460. The second-order valence-electron chi connectivity index (χ2n) is 11.6. The van der Waals surface area contributed by atoms with Gasteiger partial charge in [-0.2, -0.15) is 0 Å². The quantitative estimate of drug-likeness (QED) is 0.117. The summed E-state index contributed by atoms with van der Waals surface area (Å²) in [4.78, 5) is 46.9. The van der Waals surface area contributed by atoms with Gasteiger partial charge in [-0.15, -0.1) is 15.2 Å². The number of nitrogens with zero attached hydrogens (tertiary/aromatic N) is 5. The van der Waals surface area contributed by atoms with Gasteiger partial charge < -0.3 is 14.3 Å². The predicted octanol–water partition coefficient (Wildman–Crippen LogP) is 5.07. The van der Waals surface area contributed by atoms with E-state index in [0.29, 0.717) is 25.2 Å². The van der Waals surface area contributed by atoms with Crippen molar-refractivity contribution in [3.8, 4) is 11.1 Å². The SMILES string of the molecule is CCCCC1=NC2(CCCC2)C(=O)N1Cc1ccc(-c2ccccc2C2=NNN(C(C)OC(=O)OCCCCO[N+](=O)[O-])N2)cc1. The zero-order chi connectivity index (χ0) is 32.5. The summed E-state index contributed by atoms with van der Waals surface area (Å²) in [6, 6.07) is 16.0. The van der Waals surface area contributed by atoms with Gasteiger partial charge in [0.15, 0.2) is 12.1 Å². The summed E-state index contributed by atoms with van der Waals surface area (Å²) < 4.78 is 10.3. The number of amidine groups is 2. The van der Waals surface area contributed by atoms with Crippen molar-refractivity contribution in [3.63, 3.8) is 0 Å². The molecule has 2 N–H and O–H groups in total. The molecule has 1 saturated carbocycles. The third-order valence-corrected chi connectivity index (χ3v) is 8.35. The van der Waals surface area contributed by atoms with Crippen molar-refractivity contribution >= 4 is 23.7 Å². The van der Waals surface area contributed by atoms with Crippen molar-refractivity contribution in [2.24, 2.45) is 10.1 Å². The van der Waals surface area contributed by atoms with Crippen molar-refractivity contribution in [3.05, 3.63) is 69.8 Å². The first-order valence-corrected chi connectivity index (χ1v) is 15.9. The average Bonchev–Trinajstić information content (AvgIpc) is 3.80. The van der Waals surface area contributed by atoms with E-state index in [4.69, 9.17) is 14.5 Å². The Balaban J connectivity index is 1.17. The zero-order valence-electron chi connectivity index (χ0n) is 26.3. The lowest BCUT2D eigenvalue weighted by molar-refractivity contribution is -0.757. The lowest BCUT2D eigenvalue weighted by Gasteiger charge is -2.23. The largest absolute Gasteiger partial charge is 0.509 e. The third kappa shape index (κ3) is 7.73. The van der Waals surface area contributed by atoms with E-state index < -0.39 is 23.0 Å². The van der Waals surface area contributed by atoms with Crippen LogP contribution in [0, 0.1) is 10.1 Å². The van der Waals surface area contributed by atoms with E-state index in [1.54, 1.807) is 6.92 Å². The molecule has 2 aliphatic heterocycles. The average molecular weight is 636 g/mol. The molecule has 5 rings (SSSR count). The van der Waals surface area contributed by atoms with E-state index >= 15 is 0 Å². The number of hydrogen-bond donors (Lipinski definition) is 2. The van der Waals surface area contributed by atoms with Gasteiger partial charge in [0.2, 0.25) is 0 Å². The predicted molar refractivity (Wildman–Crippen MR) is 169 cm³/mol. The Labute approximate surface area is 267 Å². The molecule has 0 saturated heterocycles. The van der Waals surface area contributed by atoms with Crippen molar-refractivity contribution in [1.29, 1.82) is 0 Å². The van der Waals surface area contributed by atoms with Crippen molar-refractivity contribution in [1.82, 2.24) is 21.0 Å². The van der Waals surface area contributed by atoms with E-state index in [0.717, 1.165) is 73.0 Å². The maximum Gasteiger partial charge on any atom is 0.509 e. The van der Waals surface area contributed by atoms with Crippen LogP contribution in [-0.2, 0) is 25.7 Å². The van der Waals surface area contributed by atoms with Crippen LogP contribution in [0.5, 0.6) is 0 Å². The summed E-state index contributed by atoms with van der Waals surface area (Å²) >= 11 is 0. The van der Waals surface area contributed by atoms with Crippen LogP contribution in [0.3, 0.4) is 0 Å². The molecule has 1 spiro atoms. The molecule has 2 aromatic carbocycles. The van der Waals surface area contributed by atoms with Crippen LogP contribution in [0.15, 0.2) is 58.6 Å². The number of carbonyl (C=O) groups excluding carboxylic acids is 2. The summed E-state index contributed by atoms with van der Waals surface area (Å²) in [5.74, 6) is 1.62. The molecular weight excluding hydrogens is 594 g/mol. The highest BCUT2D eigenvalue weighted by molar-refractivity contribution is 6.08. The topological polar surface area (TPSA) is 160 Å². The number of ether oxygens (including phenoxy) is 2. The first kappa shape index (κ1) is 32.7. The molecule has 0 radical (unpaired) electrons. The van der Waals surface area contributed by atoms with E-state index in [2.05, 4.69) is 52.1 Å². The fraction of sp³-hybridized carbons (Fsp3) is 0.500. The number of rotatable bonds is 15. The molecule has 246 valence electrons. The molecule has 46 heavy (non-hydrogen) atoms. The number of nitrogens with one attached hydrogen (secondary N) is 2. The van der Waals surface area contributed by atoms with Crippen molar-refractivity contribution < 1.29 is 29.0 Å². The number of amides is 1. The lowest BCUT2D eigenvalue weighted by atomic mass is 9.97. The first-order chi connectivity index (χ1) is 22.3. The van der Waals surface area contributed by atoms with Gasteiger partial charge in [0, 0.05) is 12.0 Å². The summed E-state index contributed by atoms with van der Waals surface area (Å²) in [5.41, 5.74) is 9.23. The number of hydrogen-bond acceptors (Lipinski definition) is 12. The number of unbranched alkanes of at least 4 members (excludes halogenated alkanes) is 2. The zero-order valence-corrected chi connectivity index (χ0v) is 26.3. The van der Waals surface area contributed by atoms with E-state index in [9.17, 15) is 19.7 Å². The fourth-order valence-electron chi connectivity index (χ4n) is 5.90. The highest BCUT2D eigenvalue weighted by atomic mass is 16.9. The molecule has 14 nitrogen and oxygen atoms in total. The molecule has 1 unspecified atom stereocenters. The summed E-state index contributed by atoms with van der Waals surface area (Å²) in [6.45, 7) is 4.29. The Morgan fingerprint density at radius 2 is 1.78 bits per heavy atom. The Morgan fingerprint density at radius 3 is 2.50 bits per heavy atom. The number of hydrazine groups is 2. The Morgan fingerprint density at radius 1 is 1.07 bits per heavy atom. The monoisotopic (exact) mass is 635 g/mol. The minimum Gasteiger partial charge on any atom is -0.434 e. The van der Waals surface area contributed by atoms with E-state index in [1.807, 2.05) is 29.2 Å². The van der Waals surface area contributed by atoms with Crippen LogP contribution in [0.4, 0.5) is 4.79 Å². The summed E-state index contributed by atoms with van der Waals surface area (Å²) in [5, 5.41) is 15.1. The minimum absolute atomic E-state index is 0.0458. The molecule has 0 bridgehead atoms. The molecule has 2 aromatic rings. The molecule has 0 aromatic heterocycles. The molecule has 1 amide bonds. The van der Waals surface area contributed by atoms with Gasteiger partial charge >= 0.3 is 6.16 Å². The lowest BCUT2D eigenvalue weighted by Crippen LogP contribution is -2.49. The number of aliphatic imine (C=N–C) groups is 1. The first-order valence-electron chi connectivity index (χ1n) is 15.9. The summed E-state index contributed by atoms with van der Waals surface area (Å²) in [6.07, 6.45) is 5.80. The fourth-order valence-corrected chi connectivity index (χ4v) is 5.90. The van der Waals surface area contributed by atoms with Gasteiger partial charge in [0.05, 0.1) is 19.8 Å². The molecule has 3 aliphatic rings. The molecule has 2 heterocycles. The van der Waals surface area contributed by atoms with E-state index in [1.165, 1.54) is 5.12 Å². The standard InChI is InChI=1S/C32H41N7O7/c1-3-4-13-28-33-32(18-7-8-19-32)30(40)37(28)22-24-14-16-25(17-15-24)26-11-5-6-12-27(26)29-34-36-38(35-29)23(2)46-31(41)44-20-9-10-21-45-39(42)43/h5-6,11-12,14-17,23,36H,3-4,7-10,13,18-22H2,1-2H3,(H,34,35). The number of carbonyl (C=O) groups is 2. The molecule has 1 atom stereocenters. The molecule has 14 heteroatoms. The van der Waals surface area contributed by atoms with Gasteiger partial charge in [0.25, 0.3) is 11.0 Å². The highest BCUT2D eigenvalue weighted by Gasteiger charge is 2.49. The molecule has 1 fully saturated rings. The highest BCUT2D eigenvalue weighted by Crippen LogP contribution is 2.40. The van der Waals surface area contributed by atoms with Crippen LogP contribution in [-0.4, -0.2) is 63.8 Å². The van der Waals surface area contributed by atoms with Crippen molar-refractivity contribution in [2.45, 2.75) is 89.9 Å². The van der Waals surface area contributed by atoms with Gasteiger partial charge in [-0.1, -0.05) is 79.8 Å².